The van der Waals surface area contributed by atoms with Gasteiger partial charge in [-0.25, -0.2) is 0 Å². The molecule has 33 heavy (non-hydrogen) atoms. The SMILES string of the molecule is CCOC(=O)C1CCN(C(=O)c2ccc(OC)c(COc3cccc4ccccc34)c2)CC1. The first-order valence-electron chi connectivity index (χ1n) is 11.3. The van der Waals surface area contributed by atoms with E-state index in [1.807, 2.05) is 55.5 Å². The van der Waals surface area contributed by atoms with E-state index in [9.17, 15) is 9.59 Å². The van der Waals surface area contributed by atoms with Crippen molar-refractivity contribution in [3.8, 4) is 11.5 Å². The van der Waals surface area contributed by atoms with Gasteiger partial charge in [-0.1, -0.05) is 36.4 Å². The molecule has 0 atom stereocenters. The van der Waals surface area contributed by atoms with Gasteiger partial charge in [-0.15, -0.1) is 0 Å². The van der Waals surface area contributed by atoms with E-state index in [1.54, 1.807) is 24.1 Å². The van der Waals surface area contributed by atoms with Gasteiger partial charge in [-0.2, -0.15) is 0 Å². The molecule has 0 N–H and O–H groups in total. The van der Waals surface area contributed by atoms with Gasteiger partial charge in [0.05, 0.1) is 19.6 Å². The highest BCUT2D eigenvalue weighted by molar-refractivity contribution is 5.95. The van der Waals surface area contributed by atoms with Crippen molar-refractivity contribution in [1.29, 1.82) is 0 Å². The first-order chi connectivity index (χ1) is 16.1. The second-order valence-corrected chi connectivity index (χ2v) is 8.11. The molecule has 0 unspecified atom stereocenters. The maximum atomic E-state index is 13.1. The Bertz CT molecular complexity index is 1130. The Balaban J connectivity index is 1.46. The Hall–Kier alpha value is -3.54. The minimum atomic E-state index is -0.165. The lowest BCUT2D eigenvalue weighted by Gasteiger charge is -2.31. The molecule has 3 aromatic rings. The lowest BCUT2D eigenvalue weighted by molar-refractivity contribution is -0.149. The van der Waals surface area contributed by atoms with Crippen molar-refractivity contribution in [2.45, 2.75) is 26.4 Å². The highest BCUT2D eigenvalue weighted by Crippen LogP contribution is 2.28. The van der Waals surface area contributed by atoms with E-state index in [2.05, 4.69) is 0 Å². The summed E-state index contributed by atoms with van der Waals surface area (Å²) in [5.41, 5.74) is 1.39. The maximum Gasteiger partial charge on any atom is 0.309 e. The lowest BCUT2D eigenvalue weighted by atomic mass is 9.96. The molecule has 1 aliphatic heterocycles. The third kappa shape index (κ3) is 5.11. The second-order valence-electron chi connectivity index (χ2n) is 8.11. The Labute approximate surface area is 194 Å². The number of hydrogen-bond acceptors (Lipinski definition) is 5. The average Bonchev–Trinajstić information content (AvgIpc) is 2.87. The van der Waals surface area contributed by atoms with Crippen LogP contribution in [-0.4, -0.2) is 43.6 Å². The van der Waals surface area contributed by atoms with Crippen molar-refractivity contribution in [2.75, 3.05) is 26.8 Å². The summed E-state index contributed by atoms with van der Waals surface area (Å²) in [6, 6.07) is 19.4. The molecular weight excluding hydrogens is 418 g/mol. The number of benzene rings is 3. The van der Waals surface area contributed by atoms with Gasteiger partial charge in [-0.05, 0) is 49.4 Å². The van der Waals surface area contributed by atoms with Crippen molar-refractivity contribution < 1.29 is 23.8 Å². The molecule has 6 heteroatoms. The van der Waals surface area contributed by atoms with Gasteiger partial charge >= 0.3 is 5.97 Å². The largest absolute Gasteiger partial charge is 0.496 e. The van der Waals surface area contributed by atoms with Crippen molar-refractivity contribution in [2.24, 2.45) is 5.92 Å². The normalized spacial score (nSPS) is 14.2. The smallest absolute Gasteiger partial charge is 0.309 e. The summed E-state index contributed by atoms with van der Waals surface area (Å²) in [5, 5.41) is 2.15. The number of carbonyl (C=O) groups excluding carboxylic acids is 2. The molecule has 4 rings (SSSR count). The minimum absolute atomic E-state index is 0.0497. The Kier molecular flexibility index (Phi) is 7.13. The Morgan fingerprint density at radius 3 is 2.48 bits per heavy atom. The summed E-state index contributed by atoms with van der Waals surface area (Å²) in [4.78, 5) is 26.9. The third-order valence-electron chi connectivity index (χ3n) is 6.06. The van der Waals surface area contributed by atoms with Crippen LogP contribution in [0.25, 0.3) is 10.8 Å². The van der Waals surface area contributed by atoms with Gasteiger partial charge in [-0.3, -0.25) is 9.59 Å². The van der Waals surface area contributed by atoms with Gasteiger partial charge < -0.3 is 19.1 Å². The van der Waals surface area contributed by atoms with Crippen LogP contribution < -0.4 is 9.47 Å². The van der Waals surface area contributed by atoms with E-state index in [1.165, 1.54) is 0 Å². The van der Waals surface area contributed by atoms with Gasteiger partial charge in [0.25, 0.3) is 5.91 Å². The number of hydrogen-bond donors (Lipinski definition) is 0. The van der Waals surface area contributed by atoms with Crippen LogP contribution in [0.15, 0.2) is 60.7 Å². The molecule has 3 aromatic carbocycles. The van der Waals surface area contributed by atoms with Crippen molar-refractivity contribution in [1.82, 2.24) is 4.90 Å². The van der Waals surface area contributed by atoms with Crippen molar-refractivity contribution >= 4 is 22.6 Å². The van der Waals surface area contributed by atoms with Gasteiger partial charge in [0.2, 0.25) is 0 Å². The zero-order valence-electron chi connectivity index (χ0n) is 19.1. The molecule has 6 nitrogen and oxygen atoms in total. The summed E-state index contributed by atoms with van der Waals surface area (Å²) in [6.07, 6.45) is 1.25. The highest BCUT2D eigenvalue weighted by atomic mass is 16.5. The molecule has 172 valence electrons. The molecule has 0 bridgehead atoms. The van der Waals surface area contributed by atoms with Crippen LogP contribution >= 0.6 is 0 Å². The van der Waals surface area contributed by atoms with E-state index in [4.69, 9.17) is 14.2 Å². The summed E-state index contributed by atoms with van der Waals surface area (Å²) in [5.74, 6) is 1.11. The molecule has 0 spiro atoms. The Morgan fingerprint density at radius 1 is 0.970 bits per heavy atom. The number of carbonyl (C=O) groups is 2. The number of ether oxygens (including phenoxy) is 3. The summed E-state index contributed by atoms with van der Waals surface area (Å²) in [6.45, 7) is 3.55. The zero-order chi connectivity index (χ0) is 23.2. The first-order valence-corrected chi connectivity index (χ1v) is 11.3. The lowest BCUT2D eigenvalue weighted by Crippen LogP contribution is -2.40. The second kappa shape index (κ2) is 10.4. The number of rotatable bonds is 7. The number of amides is 1. The van der Waals surface area contributed by atoms with Crippen LogP contribution in [0, 0.1) is 5.92 Å². The number of fused-ring (bicyclic) bond motifs is 1. The van der Waals surface area contributed by atoms with E-state index in [0.717, 1.165) is 22.1 Å². The van der Waals surface area contributed by atoms with Gasteiger partial charge in [0, 0.05) is 29.6 Å². The number of nitrogens with zero attached hydrogens (tertiary/aromatic N) is 1. The topological polar surface area (TPSA) is 65.1 Å². The van der Waals surface area contributed by atoms with Crippen LogP contribution in [0.4, 0.5) is 0 Å². The minimum Gasteiger partial charge on any atom is -0.496 e. The van der Waals surface area contributed by atoms with Crippen LogP contribution in [0.2, 0.25) is 0 Å². The molecule has 1 amide bonds. The van der Waals surface area contributed by atoms with Crippen LogP contribution in [0.1, 0.15) is 35.7 Å². The molecule has 0 saturated carbocycles. The fourth-order valence-electron chi connectivity index (χ4n) is 4.26. The zero-order valence-corrected chi connectivity index (χ0v) is 19.1. The molecule has 0 aliphatic carbocycles. The number of likely N-dealkylation sites (tertiary alicyclic amines) is 1. The van der Waals surface area contributed by atoms with Crippen LogP contribution in [0.3, 0.4) is 0 Å². The number of methoxy groups -OCH3 is 1. The fourth-order valence-corrected chi connectivity index (χ4v) is 4.26. The maximum absolute atomic E-state index is 13.1. The Morgan fingerprint density at radius 2 is 1.73 bits per heavy atom. The predicted molar refractivity (Wildman–Crippen MR) is 127 cm³/mol. The molecule has 0 aromatic heterocycles. The van der Waals surface area contributed by atoms with Gasteiger partial charge in [0.1, 0.15) is 18.1 Å². The monoisotopic (exact) mass is 447 g/mol. The highest BCUT2D eigenvalue weighted by Gasteiger charge is 2.29. The molecule has 1 heterocycles. The summed E-state index contributed by atoms with van der Waals surface area (Å²) in [7, 11) is 1.61. The molecule has 1 aliphatic rings. The standard InChI is InChI=1S/C27H29NO5/c1-3-32-27(30)20-13-15-28(16-14-20)26(29)21-11-12-24(31-2)22(17-21)18-33-25-10-6-8-19-7-4-5-9-23(19)25/h4-12,17,20H,3,13-16,18H2,1-2H3. The van der Waals surface area contributed by atoms with Crippen LogP contribution in [0.5, 0.6) is 11.5 Å². The molecule has 0 radical (unpaired) electrons. The quantitative estimate of drug-likeness (QED) is 0.485. The van der Waals surface area contributed by atoms with Crippen molar-refractivity contribution in [3.63, 3.8) is 0 Å². The average molecular weight is 448 g/mol. The molecular formula is C27H29NO5. The van der Waals surface area contributed by atoms with E-state index >= 15 is 0 Å². The van der Waals surface area contributed by atoms with E-state index in [-0.39, 0.29) is 24.4 Å². The van der Waals surface area contributed by atoms with Crippen molar-refractivity contribution in [3.05, 3.63) is 71.8 Å². The fraction of sp³-hybridized carbons (Fsp3) is 0.333. The van der Waals surface area contributed by atoms with Crippen LogP contribution in [-0.2, 0) is 16.1 Å². The van der Waals surface area contributed by atoms with E-state index < -0.39 is 0 Å². The summed E-state index contributed by atoms with van der Waals surface area (Å²) >= 11 is 0. The molecule has 1 fully saturated rings. The predicted octanol–water partition coefficient (Wildman–Crippen LogP) is 4.84. The number of esters is 1. The van der Waals surface area contributed by atoms with E-state index in [0.29, 0.717) is 43.9 Å². The van der Waals surface area contributed by atoms with Gasteiger partial charge in [0.15, 0.2) is 0 Å². The molecule has 1 saturated heterocycles. The number of piperidine rings is 1. The third-order valence-corrected chi connectivity index (χ3v) is 6.06. The summed E-state index contributed by atoms with van der Waals surface area (Å²) < 4.78 is 16.8. The first kappa shape index (κ1) is 22.6.